The molecule has 1 aliphatic heterocycles. The Bertz CT molecular complexity index is 518. The minimum Gasteiger partial charge on any atom is -0.495 e. The van der Waals surface area contributed by atoms with E-state index in [1.807, 2.05) is 0 Å². The molecule has 0 bridgehead atoms. The van der Waals surface area contributed by atoms with Crippen molar-refractivity contribution in [1.82, 2.24) is 15.6 Å². The van der Waals surface area contributed by atoms with Crippen molar-refractivity contribution >= 4 is 11.8 Å². The zero-order chi connectivity index (χ0) is 14.5. The number of carbonyl (C=O) groups is 2. The van der Waals surface area contributed by atoms with Crippen LogP contribution in [0.3, 0.4) is 0 Å². The number of hydrogen-bond acceptors (Lipinski definition) is 5. The fraction of sp³-hybridized carbons (Fsp3) is 0.462. The Hall–Kier alpha value is -2.15. The second-order valence-electron chi connectivity index (χ2n) is 4.68. The van der Waals surface area contributed by atoms with E-state index < -0.39 is 5.91 Å². The molecular weight excluding hydrogens is 260 g/mol. The molecular formula is C13H18N4O3. The number of primary amides is 1. The van der Waals surface area contributed by atoms with E-state index in [4.69, 9.17) is 10.5 Å². The summed E-state index contributed by atoms with van der Waals surface area (Å²) in [5.74, 6) is 0.115. The number of amides is 2. The van der Waals surface area contributed by atoms with E-state index in [2.05, 4.69) is 15.6 Å². The SMILES string of the molecule is COc1cnc(C(N)=O)cc1CNC[C@H]1CCC(=O)N1. The lowest BCUT2D eigenvalue weighted by atomic mass is 10.2. The van der Waals surface area contributed by atoms with Crippen molar-refractivity contribution in [2.45, 2.75) is 25.4 Å². The molecule has 2 rings (SSSR count). The van der Waals surface area contributed by atoms with Crippen LogP contribution in [0.4, 0.5) is 0 Å². The van der Waals surface area contributed by atoms with Gasteiger partial charge in [0.15, 0.2) is 0 Å². The Morgan fingerprint density at radius 2 is 2.45 bits per heavy atom. The van der Waals surface area contributed by atoms with Gasteiger partial charge in [0.1, 0.15) is 11.4 Å². The maximum atomic E-state index is 11.1. The van der Waals surface area contributed by atoms with E-state index >= 15 is 0 Å². The Kier molecular flexibility index (Phi) is 4.52. The van der Waals surface area contributed by atoms with E-state index in [0.717, 1.165) is 12.0 Å². The van der Waals surface area contributed by atoms with Gasteiger partial charge < -0.3 is 21.1 Å². The normalized spacial score (nSPS) is 17.9. The molecule has 0 radical (unpaired) electrons. The zero-order valence-corrected chi connectivity index (χ0v) is 11.3. The van der Waals surface area contributed by atoms with E-state index in [1.165, 1.54) is 6.20 Å². The highest BCUT2D eigenvalue weighted by Crippen LogP contribution is 2.17. The lowest BCUT2D eigenvalue weighted by Crippen LogP contribution is -2.35. The Morgan fingerprint density at radius 3 is 3.05 bits per heavy atom. The number of rotatable bonds is 6. The fourth-order valence-electron chi connectivity index (χ4n) is 2.15. The summed E-state index contributed by atoms with van der Waals surface area (Å²) in [7, 11) is 1.54. The number of hydrogen-bond donors (Lipinski definition) is 3. The number of pyridine rings is 1. The van der Waals surface area contributed by atoms with Crippen LogP contribution >= 0.6 is 0 Å². The summed E-state index contributed by atoms with van der Waals surface area (Å²) < 4.78 is 5.20. The van der Waals surface area contributed by atoms with E-state index in [0.29, 0.717) is 25.3 Å². The molecule has 1 aromatic rings. The topological polar surface area (TPSA) is 106 Å². The van der Waals surface area contributed by atoms with Crippen LogP contribution in [0.15, 0.2) is 12.3 Å². The minimum atomic E-state index is -0.572. The van der Waals surface area contributed by atoms with Crippen LogP contribution in [-0.4, -0.2) is 36.5 Å². The van der Waals surface area contributed by atoms with Gasteiger partial charge in [-0.2, -0.15) is 0 Å². The molecule has 0 saturated carbocycles. The van der Waals surface area contributed by atoms with Crippen molar-refractivity contribution in [2.75, 3.05) is 13.7 Å². The first-order chi connectivity index (χ1) is 9.60. The second-order valence-corrected chi connectivity index (χ2v) is 4.68. The molecule has 4 N–H and O–H groups in total. The highest BCUT2D eigenvalue weighted by Gasteiger charge is 2.20. The molecule has 1 saturated heterocycles. The first-order valence-electron chi connectivity index (χ1n) is 6.43. The maximum Gasteiger partial charge on any atom is 0.267 e. The van der Waals surface area contributed by atoms with Gasteiger partial charge in [-0.05, 0) is 12.5 Å². The van der Waals surface area contributed by atoms with Crippen molar-refractivity contribution in [3.63, 3.8) is 0 Å². The predicted molar refractivity (Wildman–Crippen MR) is 72.2 cm³/mol. The van der Waals surface area contributed by atoms with Gasteiger partial charge >= 0.3 is 0 Å². The summed E-state index contributed by atoms with van der Waals surface area (Å²) >= 11 is 0. The van der Waals surface area contributed by atoms with Gasteiger partial charge in [-0.3, -0.25) is 9.59 Å². The molecule has 1 aliphatic rings. The van der Waals surface area contributed by atoms with Gasteiger partial charge in [0.25, 0.3) is 5.91 Å². The molecule has 7 heteroatoms. The van der Waals surface area contributed by atoms with Gasteiger partial charge in [-0.15, -0.1) is 0 Å². The van der Waals surface area contributed by atoms with Crippen molar-refractivity contribution in [1.29, 1.82) is 0 Å². The Balaban J connectivity index is 1.95. The van der Waals surface area contributed by atoms with Crippen LogP contribution in [-0.2, 0) is 11.3 Å². The molecule has 1 aromatic heterocycles. The molecule has 0 spiro atoms. The van der Waals surface area contributed by atoms with Crippen LogP contribution in [0.2, 0.25) is 0 Å². The first kappa shape index (κ1) is 14.3. The highest BCUT2D eigenvalue weighted by molar-refractivity contribution is 5.91. The van der Waals surface area contributed by atoms with Crippen molar-refractivity contribution in [3.05, 3.63) is 23.5 Å². The number of aromatic nitrogens is 1. The summed E-state index contributed by atoms with van der Waals surface area (Å²) in [6, 6.07) is 1.77. The van der Waals surface area contributed by atoms with E-state index in [-0.39, 0.29) is 17.6 Å². The molecule has 108 valence electrons. The monoisotopic (exact) mass is 278 g/mol. The van der Waals surface area contributed by atoms with Crippen LogP contribution in [0.25, 0.3) is 0 Å². The third-order valence-electron chi connectivity index (χ3n) is 3.21. The van der Waals surface area contributed by atoms with E-state index in [9.17, 15) is 9.59 Å². The van der Waals surface area contributed by atoms with Crippen LogP contribution in [0.5, 0.6) is 5.75 Å². The molecule has 2 heterocycles. The number of nitrogens with one attached hydrogen (secondary N) is 2. The van der Waals surface area contributed by atoms with Crippen molar-refractivity contribution in [2.24, 2.45) is 5.73 Å². The van der Waals surface area contributed by atoms with Gasteiger partial charge in [0, 0.05) is 31.1 Å². The third kappa shape index (κ3) is 3.45. The summed E-state index contributed by atoms with van der Waals surface area (Å²) in [5, 5.41) is 6.11. The Morgan fingerprint density at radius 1 is 1.65 bits per heavy atom. The number of carbonyl (C=O) groups excluding carboxylic acids is 2. The average Bonchev–Trinajstić information content (AvgIpc) is 2.84. The van der Waals surface area contributed by atoms with Crippen molar-refractivity contribution in [3.8, 4) is 5.75 Å². The molecule has 0 unspecified atom stereocenters. The number of ether oxygens (including phenoxy) is 1. The first-order valence-corrected chi connectivity index (χ1v) is 6.43. The Labute approximate surface area is 116 Å². The van der Waals surface area contributed by atoms with Gasteiger partial charge in [0.2, 0.25) is 5.91 Å². The summed E-state index contributed by atoms with van der Waals surface area (Å²) in [6.45, 7) is 1.18. The maximum absolute atomic E-state index is 11.1. The molecule has 0 aromatic carbocycles. The van der Waals surface area contributed by atoms with Crippen LogP contribution in [0, 0.1) is 0 Å². The second kappa shape index (κ2) is 6.33. The molecule has 20 heavy (non-hydrogen) atoms. The van der Waals surface area contributed by atoms with Crippen LogP contribution in [0.1, 0.15) is 28.9 Å². The molecule has 0 aliphatic carbocycles. The smallest absolute Gasteiger partial charge is 0.267 e. The third-order valence-corrected chi connectivity index (χ3v) is 3.21. The number of nitrogens with two attached hydrogens (primary N) is 1. The summed E-state index contributed by atoms with van der Waals surface area (Å²) in [6.07, 6.45) is 2.90. The lowest BCUT2D eigenvalue weighted by Gasteiger charge is -2.13. The molecule has 7 nitrogen and oxygen atoms in total. The number of nitrogens with zero attached hydrogens (tertiary/aromatic N) is 1. The molecule has 1 fully saturated rings. The lowest BCUT2D eigenvalue weighted by molar-refractivity contribution is -0.119. The van der Waals surface area contributed by atoms with Crippen molar-refractivity contribution < 1.29 is 14.3 Å². The minimum absolute atomic E-state index is 0.0920. The molecule has 2 amide bonds. The quantitative estimate of drug-likeness (QED) is 0.654. The van der Waals surface area contributed by atoms with Gasteiger partial charge in [-0.25, -0.2) is 4.98 Å². The number of methoxy groups -OCH3 is 1. The highest BCUT2D eigenvalue weighted by atomic mass is 16.5. The van der Waals surface area contributed by atoms with Crippen LogP contribution < -0.4 is 21.1 Å². The predicted octanol–water partition coefficient (Wildman–Crippen LogP) is -0.443. The van der Waals surface area contributed by atoms with Gasteiger partial charge in [0.05, 0.1) is 13.3 Å². The standard InChI is InChI=1S/C13H18N4O3/c1-20-11-7-16-10(13(14)19)4-8(11)5-15-6-9-2-3-12(18)17-9/h4,7,9,15H,2-3,5-6H2,1H3,(H2,14,19)(H,17,18)/t9-/m1/s1. The summed E-state index contributed by atoms with van der Waals surface area (Å²) in [4.78, 5) is 26.1. The average molecular weight is 278 g/mol. The summed E-state index contributed by atoms with van der Waals surface area (Å²) in [5.41, 5.74) is 6.22. The zero-order valence-electron chi connectivity index (χ0n) is 11.3. The fourth-order valence-corrected chi connectivity index (χ4v) is 2.15. The van der Waals surface area contributed by atoms with E-state index in [1.54, 1.807) is 13.2 Å². The molecule has 1 atom stereocenters. The van der Waals surface area contributed by atoms with Gasteiger partial charge in [-0.1, -0.05) is 0 Å². The largest absolute Gasteiger partial charge is 0.495 e.